The van der Waals surface area contributed by atoms with Gasteiger partial charge in [0.25, 0.3) is 0 Å². The zero-order chi connectivity index (χ0) is 32.2. The second-order valence-corrected chi connectivity index (χ2v) is 11.4. The SMILES string of the molecule is C=CC(F)(F)[C@H]1CCNCCNc2nc(N3CC(C)(N(C)C)C3)nc3c(F)c(-c4cc(N)nc(C)c4C(F)(F)F)nc(c23)O1. The summed E-state index contributed by atoms with van der Waals surface area (Å²) in [6.07, 6.45) is -6.65. The minimum absolute atomic E-state index is 0.0299. The summed E-state index contributed by atoms with van der Waals surface area (Å²) in [7, 11) is 3.83. The van der Waals surface area contributed by atoms with Crippen LogP contribution in [0.1, 0.15) is 24.6 Å². The quantitative estimate of drug-likeness (QED) is 0.281. The van der Waals surface area contributed by atoms with Gasteiger partial charge in [-0.15, -0.1) is 0 Å². The van der Waals surface area contributed by atoms with E-state index in [9.17, 15) is 13.2 Å². The third-order valence-corrected chi connectivity index (χ3v) is 8.06. The van der Waals surface area contributed by atoms with E-state index in [0.29, 0.717) is 25.7 Å². The Bertz CT molecular complexity index is 1590. The molecule has 1 atom stereocenters. The first-order valence-electron chi connectivity index (χ1n) is 13.9. The molecule has 1 saturated heterocycles. The summed E-state index contributed by atoms with van der Waals surface area (Å²) in [5.41, 5.74) is 1.74. The Morgan fingerprint density at radius 1 is 1.11 bits per heavy atom. The summed E-state index contributed by atoms with van der Waals surface area (Å²) in [5, 5.41) is 5.90. The van der Waals surface area contributed by atoms with Gasteiger partial charge >= 0.3 is 12.1 Å². The highest BCUT2D eigenvalue weighted by Gasteiger charge is 2.44. The Morgan fingerprint density at radius 2 is 1.82 bits per heavy atom. The average Bonchev–Trinajstić information content (AvgIpc) is 2.95. The smallest absolute Gasteiger partial charge is 0.418 e. The molecule has 2 aliphatic heterocycles. The van der Waals surface area contributed by atoms with Crippen molar-refractivity contribution in [2.75, 3.05) is 62.8 Å². The van der Waals surface area contributed by atoms with Crippen molar-refractivity contribution in [1.29, 1.82) is 0 Å². The molecule has 0 amide bonds. The molecular weight excluding hydrogens is 592 g/mol. The van der Waals surface area contributed by atoms with Crippen LogP contribution in [0.15, 0.2) is 18.7 Å². The predicted molar refractivity (Wildman–Crippen MR) is 155 cm³/mol. The zero-order valence-electron chi connectivity index (χ0n) is 24.6. The van der Waals surface area contributed by atoms with Crippen LogP contribution < -0.4 is 26.0 Å². The monoisotopic (exact) mass is 625 g/mol. The normalized spacial score (nSPS) is 19.2. The van der Waals surface area contributed by atoms with Gasteiger partial charge in [-0.05, 0) is 46.6 Å². The van der Waals surface area contributed by atoms with E-state index in [2.05, 4.69) is 37.1 Å². The lowest BCUT2D eigenvalue weighted by molar-refractivity contribution is -0.137. The minimum atomic E-state index is -4.98. The van der Waals surface area contributed by atoms with Crippen LogP contribution in [0.3, 0.4) is 0 Å². The van der Waals surface area contributed by atoms with Crippen LogP contribution in [0.5, 0.6) is 5.88 Å². The van der Waals surface area contributed by atoms with E-state index < -0.39 is 57.9 Å². The van der Waals surface area contributed by atoms with E-state index in [0.717, 1.165) is 13.0 Å². The number of anilines is 3. The van der Waals surface area contributed by atoms with Crippen molar-refractivity contribution in [3.8, 4) is 17.1 Å². The van der Waals surface area contributed by atoms with Crippen LogP contribution in [0.4, 0.5) is 43.9 Å². The van der Waals surface area contributed by atoms with E-state index in [1.54, 1.807) is 4.90 Å². The molecule has 1 fully saturated rings. The van der Waals surface area contributed by atoms with Crippen LogP contribution >= 0.6 is 0 Å². The molecule has 0 bridgehead atoms. The number of nitrogens with one attached hydrogen (secondary N) is 2. The van der Waals surface area contributed by atoms with Gasteiger partial charge in [-0.1, -0.05) is 6.58 Å². The summed E-state index contributed by atoms with van der Waals surface area (Å²) in [6, 6.07) is 0.837. The van der Waals surface area contributed by atoms with E-state index >= 15 is 13.2 Å². The fourth-order valence-corrected chi connectivity index (χ4v) is 5.33. The maximum absolute atomic E-state index is 16.6. The van der Waals surface area contributed by atoms with Crippen LogP contribution in [0, 0.1) is 12.7 Å². The Labute approximate surface area is 249 Å². The molecule has 10 nitrogen and oxygen atoms in total. The number of aromatic nitrogens is 4. The Hall–Kier alpha value is -3.92. The van der Waals surface area contributed by atoms with Gasteiger partial charge in [-0.2, -0.15) is 26.9 Å². The van der Waals surface area contributed by atoms with Crippen LogP contribution in [0.25, 0.3) is 22.2 Å². The first-order valence-corrected chi connectivity index (χ1v) is 13.9. The largest absolute Gasteiger partial charge is 0.467 e. The third-order valence-electron chi connectivity index (χ3n) is 8.06. The third kappa shape index (κ3) is 5.67. The summed E-state index contributed by atoms with van der Waals surface area (Å²) in [5.74, 6) is -5.57. The number of likely N-dealkylation sites (N-methyl/N-ethyl adjacent to an activating group) is 1. The van der Waals surface area contributed by atoms with Gasteiger partial charge in [0, 0.05) is 38.2 Å². The highest BCUT2D eigenvalue weighted by atomic mass is 19.4. The van der Waals surface area contributed by atoms with Gasteiger partial charge < -0.3 is 30.9 Å². The number of nitrogens with two attached hydrogens (primary N) is 1. The van der Waals surface area contributed by atoms with Crippen molar-refractivity contribution < 1.29 is 31.1 Å². The number of hydrogen-bond acceptors (Lipinski definition) is 10. The van der Waals surface area contributed by atoms with Gasteiger partial charge in [-0.25, -0.2) is 19.3 Å². The number of aryl methyl sites for hydroxylation is 1. The Kier molecular flexibility index (Phi) is 8.03. The average molecular weight is 626 g/mol. The molecular formula is C28H33F6N9O. The number of nitrogens with zero attached hydrogens (tertiary/aromatic N) is 6. The lowest BCUT2D eigenvalue weighted by atomic mass is 9.91. The van der Waals surface area contributed by atoms with E-state index in [4.69, 9.17) is 10.5 Å². The first kappa shape index (κ1) is 31.5. The molecule has 16 heteroatoms. The fourth-order valence-electron chi connectivity index (χ4n) is 5.33. The topological polar surface area (TPSA) is 117 Å². The number of alkyl halides is 5. The molecule has 0 spiro atoms. The molecule has 0 radical (unpaired) electrons. The van der Waals surface area contributed by atoms with Crippen molar-refractivity contribution in [2.45, 2.75) is 44.0 Å². The molecule has 5 rings (SSSR count). The van der Waals surface area contributed by atoms with Crippen molar-refractivity contribution in [3.63, 3.8) is 0 Å². The summed E-state index contributed by atoms with van der Waals surface area (Å²) >= 11 is 0. The standard InChI is InChI=1S/C28H33F6N9O/c1-6-27(30,31)16-7-8-36-9-10-37-23-18-22(40-25(41-23)43-12-26(3,13-43)42(4)5)20(29)21(39-24(18)44-16)15-11-17(35)38-14(2)19(15)28(32,33)34/h6,11,16,36H,1,7-10,12-13H2,2-5H3,(H2,35,38)(H,37,40,41)/t16-/m1/s1. The molecule has 2 aliphatic rings. The van der Waals surface area contributed by atoms with E-state index in [-0.39, 0.29) is 48.0 Å². The Balaban J connectivity index is 1.82. The molecule has 3 aromatic rings. The summed E-state index contributed by atoms with van der Waals surface area (Å²) in [4.78, 5) is 20.6. The van der Waals surface area contributed by atoms with Crippen LogP contribution in [-0.2, 0) is 6.18 Å². The van der Waals surface area contributed by atoms with Gasteiger partial charge in [0.2, 0.25) is 11.8 Å². The molecule has 3 aromatic heterocycles. The van der Waals surface area contributed by atoms with Crippen molar-refractivity contribution in [3.05, 3.63) is 35.8 Å². The molecule has 0 saturated carbocycles. The molecule has 238 valence electrons. The molecule has 0 unspecified atom stereocenters. The Morgan fingerprint density at radius 3 is 2.45 bits per heavy atom. The number of ether oxygens (including phenoxy) is 1. The fraction of sp³-hybridized carbons (Fsp3) is 0.500. The minimum Gasteiger partial charge on any atom is -0.467 e. The number of hydrogen-bond donors (Lipinski definition) is 3. The van der Waals surface area contributed by atoms with Gasteiger partial charge in [0.05, 0.1) is 16.8 Å². The van der Waals surface area contributed by atoms with Crippen LogP contribution in [0.2, 0.25) is 0 Å². The van der Waals surface area contributed by atoms with E-state index in [1.165, 1.54) is 0 Å². The summed E-state index contributed by atoms with van der Waals surface area (Å²) in [6.45, 7) is 7.95. The molecule has 4 N–H and O–H groups in total. The molecule has 44 heavy (non-hydrogen) atoms. The molecule has 5 heterocycles. The number of nitrogen functional groups attached to an aromatic ring is 1. The maximum Gasteiger partial charge on any atom is 0.418 e. The zero-order valence-corrected chi connectivity index (χ0v) is 24.6. The lowest BCUT2D eigenvalue weighted by Crippen LogP contribution is -2.67. The first-order chi connectivity index (χ1) is 20.6. The van der Waals surface area contributed by atoms with Crippen LogP contribution in [-0.4, -0.2) is 89.2 Å². The number of pyridine rings is 2. The van der Waals surface area contributed by atoms with Crippen molar-refractivity contribution >= 4 is 28.5 Å². The highest BCUT2D eigenvalue weighted by molar-refractivity contribution is 5.97. The van der Waals surface area contributed by atoms with Crippen molar-refractivity contribution in [2.24, 2.45) is 0 Å². The highest BCUT2D eigenvalue weighted by Crippen LogP contribution is 2.44. The maximum atomic E-state index is 16.6. The summed E-state index contributed by atoms with van der Waals surface area (Å²) < 4.78 is 95.3. The molecule has 0 aliphatic carbocycles. The second kappa shape index (κ2) is 11.2. The lowest BCUT2D eigenvalue weighted by Gasteiger charge is -2.51. The number of rotatable bonds is 5. The molecule has 0 aromatic carbocycles. The van der Waals surface area contributed by atoms with E-state index in [1.807, 2.05) is 25.9 Å². The van der Waals surface area contributed by atoms with Gasteiger partial charge in [-0.3, -0.25) is 0 Å². The van der Waals surface area contributed by atoms with Gasteiger partial charge in [0.15, 0.2) is 11.9 Å². The van der Waals surface area contributed by atoms with Crippen molar-refractivity contribution in [1.82, 2.24) is 30.2 Å². The second-order valence-electron chi connectivity index (χ2n) is 11.4. The predicted octanol–water partition coefficient (Wildman–Crippen LogP) is 4.25. The number of halogens is 6. The van der Waals surface area contributed by atoms with Gasteiger partial charge in [0.1, 0.15) is 28.2 Å².